The normalized spacial score (nSPS) is 25.1. The molecule has 0 radical (unpaired) electrons. The minimum atomic E-state index is -2.91. The van der Waals surface area contributed by atoms with Gasteiger partial charge in [-0.25, -0.2) is 9.98 Å². The second-order valence-corrected chi connectivity index (χ2v) is 7.76. The fourth-order valence-corrected chi connectivity index (χ4v) is 5.03. The van der Waals surface area contributed by atoms with Gasteiger partial charge in [0, 0.05) is 29.3 Å². The van der Waals surface area contributed by atoms with E-state index in [-0.39, 0.29) is 24.0 Å². The molecule has 0 N–H and O–H groups in total. The molecule has 29 heavy (non-hydrogen) atoms. The number of hydrogen-bond donors (Lipinski definition) is 0. The highest BCUT2D eigenvalue weighted by molar-refractivity contribution is 6.16. The van der Waals surface area contributed by atoms with Gasteiger partial charge in [0.15, 0.2) is 0 Å². The highest BCUT2D eigenvalue weighted by Gasteiger charge is 2.49. The van der Waals surface area contributed by atoms with E-state index in [2.05, 4.69) is 4.57 Å². The summed E-state index contributed by atoms with van der Waals surface area (Å²) in [5.74, 6) is 1.67. The largest absolute Gasteiger partial charge is 0.434 e. The summed E-state index contributed by atoms with van der Waals surface area (Å²) in [6, 6.07) is 12.7. The number of ether oxygens (including phenoxy) is 1. The Kier molecular flexibility index (Phi) is 3.49. The summed E-state index contributed by atoms with van der Waals surface area (Å²) in [6.07, 6.45) is 0.354. The molecule has 3 aliphatic rings. The van der Waals surface area contributed by atoms with E-state index in [0.29, 0.717) is 17.8 Å². The van der Waals surface area contributed by atoms with E-state index in [1.165, 1.54) is 0 Å². The summed E-state index contributed by atoms with van der Waals surface area (Å²) < 4.78 is 35.0. The molecule has 0 saturated heterocycles. The minimum Gasteiger partial charge on any atom is -0.434 e. The smallest absolute Gasteiger partial charge is 0.387 e. The van der Waals surface area contributed by atoms with E-state index in [1.54, 1.807) is 16.7 Å². The van der Waals surface area contributed by atoms with Crippen LogP contribution in [0, 0.1) is 0 Å². The molecular weight excluding hydrogens is 400 g/mol. The number of halogens is 3. The van der Waals surface area contributed by atoms with Gasteiger partial charge in [-0.3, -0.25) is 5.01 Å². The maximum absolute atomic E-state index is 13.2. The molecule has 6 nitrogen and oxygen atoms in total. The van der Waals surface area contributed by atoms with Gasteiger partial charge in [0.25, 0.3) is 0 Å². The highest BCUT2D eigenvalue weighted by atomic mass is 35.5. The number of benzene rings is 2. The number of aromatic nitrogens is 2. The molecule has 1 unspecified atom stereocenters. The van der Waals surface area contributed by atoms with Crippen LogP contribution >= 0.6 is 11.8 Å². The second-order valence-electron chi connectivity index (χ2n) is 7.41. The summed E-state index contributed by atoms with van der Waals surface area (Å²) in [5, 5.41) is 1.93. The van der Waals surface area contributed by atoms with Crippen LogP contribution in [0.5, 0.6) is 5.75 Å². The molecule has 3 aromatic rings. The van der Waals surface area contributed by atoms with Crippen LogP contribution < -0.4 is 4.74 Å². The maximum Gasteiger partial charge on any atom is 0.387 e. The number of hydrogen-bond acceptors (Lipinski definition) is 5. The van der Waals surface area contributed by atoms with E-state index < -0.39 is 6.61 Å². The molecule has 2 bridgehead atoms. The first-order chi connectivity index (χ1) is 14.0. The molecule has 9 heteroatoms. The molecule has 1 aromatic heterocycles. The van der Waals surface area contributed by atoms with Gasteiger partial charge in [-0.15, -0.1) is 4.53 Å². The summed E-state index contributed by atoms with van der Waals surface area (Å²) in [6.45, 7) is -1.02. The third kappa shape index (κ3) is 2.24. The number of rotatable bonds is 2. The third-order valence-electron chi connectivity index (χ3n) is 5.87. The SMILES string of the molecule is CC1N=C2c3cccc(OC(F)F)c3[C@H]3C[C@H](c4nc5ccccc5n43)N2N1Cl. The maximum atomic E-state index is 13.2. The average molecular weight is 416 g/mol. The number of hydrazine groups is 1. The van der Waals surface area contributed by atoms with Gasteiger partial charge in [0.05, 0.1) is 17.1 Å². The number of amidine groups is 1. The van der Waals surface area contributed by atoms with Crippen molar-refractivity contribution in [3.05, 3.63) is 59.4 Å². The molecule has 148 valence electrons. The van der Waals surface area contributed by atoms with Gasteiger partial charge in [-0.1, -0.05) is 24.3 Å². The molecule has 3 atom stereocenters. The first kappa shape index (κ1) is 17.2. The molecular formula is C20H16ClF2N5O. The molecule has 0 aliphatic carbocycles. The quantitative estimate of drug-likeness (QED) is 0.579. The van der Waals surface area contributed by atoms with Crippen LogP contribution in [0.15, 0.2) is 47.5 Å². The van der Waals surface area contributed by atoms with Crippen LogP contribution in [0.3, 0.4) is 0 Å². The molecule has 0 saturated carbocycles. The van der Waals surface area contributed by atoms with Crippen molar-refractivity contribution in [2.24, 2.45) is 4.99 Å². The molecule has 0 fully saturated rings. The fraction of sp³-hybridized carbons (Fsp3) is 0.300. The molecule has 2 aromatic carbocycles. The Balaban J connectivity index is 1.68. The Hall–Kier alpha value is -2.71. The van der Waals surface area contributed by atoms with Crippen LogP contribution in [0.4, 0.5) is 8.78 Å². The zero-order valence-corrected chi connectivity index (χ0v) is 16.1. The summed E-state index contributed by atoms with van der Waals surface area (Å²) in [4.78, 5) is 9.57. The molecule has 4 heterocycles. The Bertz CT molecular complexity index is 1180. The van der Waals surface area contributed by atoms with Crippen molar-refractivity contribution in [2.75, 3.05) is 0 Å². The summed E-state index contributed by atoms with van der Waals surface area (Å²) in [7, 11) is 0. The van der Waals surface area contributed by atoms with Gasteiger partial charge >= 0.3 is 6.61 Å². The predicted octanol–water partition coefficient (Wildman–Crippen LogP) is 4.46. The summed E-state index contributed by atoms with van der Waals surface area (Å²) in [5.41, 5.74) is 3.27. The van der Waals surface area contributed by atoms with Crippen molar-refractivity contribution in [3.63, 3.8) is 0 Å². The van der Waals surface area contributed by atoms with Crippen molar-refractivity contribution in [1.29, 1.82) is 0 Å². The second kappa shape index (κ2) is 5.90. The number of aliphatic imine (C=N–C) groups is 1. The lowest BCUT2D eigenvalue weighted by Crippen LogP contribution is -2.40. The predicted molar refractivity (Wildman–Crippen MR) is 104 cm³/mol. The summed E-state index contributed by atoms with van der Waals surface area (Å²) >= 11 is 6.61. The van der Waals surface area contributed by atoms with Gasteiger partial charge in [-0.05, 0) is 25.1 Å². The van der Waals surface area contributed by atoms with Gasteiger partial charge in [-0.2, -0.15) is 8.78 Å². The lowest BCUT2D eigenvalue weighted by molar-refractivity contribution is -0.0506. The van der Waals surface area contributed by atoms with Crippen molar-refractivity contribution < 1.29 is 13.5 Å². The first-order valence-electron chi connectivity index (χ1n) is 9.41. The monoisotopic (exact) mass is 415 g/mol. The fourth-order valence-electron chi connectivity index (χ4n) is 4.81. The minimum absolute atomic E-state index is 0.152. The van der Waals surface area contributed by atoms with E-state index in [9.17, 15) is 8.78 Å². The number of fused-ring (bicyclic) bond motifs is 6. The number of nitrogens with zero attached hydrogens (tertiary/aromatic N) is 5. The van der Waals surface area contributed by atoms with Crippen LogP contribution in [0.2, 0.25) is 0 Å². The van der Waals surface area contributed by atoms with Gasteiger partial charge in [0.2, 0.25) is 0 Å². The molecule has 0 spiro atoms. The molecule has 3 aliphatic heterocycles. The molecule has 0 amide bonds. The van der Waals surface area contributed by atoms with Crippen molar-refractivity contribution >= 4 is 28.6 Å². The van der Waals surface area contributed by atoms with Crippen LogP contribution in [-0.4, -0.2) is 37.7 Å². The Morgan fingerprint density at radius 3 is 2.79 bits per heavy atom. The number of para-hydroxylation sites is 2. The van der Waals surface area contributed by atoms with E-state index in [0.717, 1.165) is 22.4 Å². The van der Waals surface area contributed by atoms with Crippen LogP contribution in [0.25, 0.3) is 11.0 Å². The lowest BCUT2D eigenvalue weighted by Gasteiger charge is -2.31. The topological polar surface area (TPSA) is 45.9 Å². The Labute approximate surface area is 170 Å². The van der Waals surface area contributed by atoms with E-state index >= 15 is 0 Å². The average Bonchev–Trinajstić information content (AvgIpc) is 3.29. The number of imidazole rings is 1. The third-order valence-corrected chi connectivity index (χ3v) is 6.32. The van der Waals surface area contributed by atoms with Crippen molar-refractivity contribution in [2.45, 2.75) is 38.2 Å². The first-order valence-corrected chi connectivity index (χ1v) is 9.75. The van der Waals surface area contributed by atoms with Crippen LogP contribution in [-0.2, 0) is 0 Å². The van der Waals surface area contributed by atoms with Crippen molar-refractivity contribution in [3.8, 4) is 5.75 Å². The standard InChI is InChI=1S/C20H16ClF2N5O/c1-10-24-18-11-5-4-8-16(29-20(22)23)17(11)14-9-15(27(18)28(10)21)19-25-12-6-2-3-7-13(12)26(14)19/h2-8,10,14-15,20H,9H2,1H3/t10?,14-,15-/m1/s1. The highest BCUT2D eigenvalue weighted by Crippen LogP contribution is 2.52. The lowest BCUT2D eigenvalue weighted by atomic mass is 9.97. The molecule has 6 rings (SSSR count). The Morgan fingerprint density at radius 2 is 1.97 bits per heavy atom. The van der Waals surface area contributed by atoms with Crippen molar-refractivity contribution in [1.82, 2.24) is 19.1 Å². The van der Waals surface area contributed by atoms with Gasteiger partial charge < -0.3 is 9.30 Å². The van der Waals surface area contributed by atoms with Crippen LogP contribution in [0.1, 0.15) is 42.4 Å². The number of alkyl halides is 2. The zero-order chi connectivity index (χ0) is 19.9. The Morgan fingerprint density at radius 1 is 1.14 bits per heavy atom. The van der Waals surface area contributed by atoms with Gasteiger partial charge in [0.1, 0.15) is 29.6 Å². The van der Waals surface area contributed by atoms with E-state index in [4.69, 9.17) is 26.5 Å². The van der Waals surface area contributed by atoms with E-state index in [1.807, 2.05) is 42.3 Å². The zero-order valence-electron chi connectivity index (χ0n) is 15.3.